The minimum absolute atomic E-state index is 0.143. The van der Waals surface area contributed by atoms with Crippen molar-refractivity contribution in [2.24, 2.45) is 0 Å². The van der Waals surface area contributed by atoms with E-state index in [1.807, 2.05) is 11.4 Å². The number of nitrogens with one attached hydrogen (secondary N) is 1. The van der Waals surface area contributed by atoms with Crippen molar-refractivity contribution >= 4 is 62.2 Å². The lowest BCUT2D eigenvalue weighted by atomic mass is 10.2. The van der Waals surface area contributed by atoms with Gasteiger partial charge >= 0.3 is 0 Å². The molecule has 0 bridgehead atoms. The third-order valence-corrected chi connectivity index (χ3v) is 5.57. The first-order chi connectivity index (χ1) is 12.0. The van der Waals surface area contributed by atoms with Crippen LogP contribution in [0.4, 0.5) is 11.4 Å². The highest BCUT2D eigenvalue weighted by atomic mass is 35.5. The lowest BCUT2D eigenvalue weighted by molar-refractivity contribution is -0.384. The van der Waals surface area contributed by atoms with E-state index >= 15 is 0 Å². The van der Waals surface area contributed by atoms with Gasteiger partial charge in [-0.3, -0.25) is 14.9 Å². The van der Waals surface area contributed by atoms with Crippen molar-refractivity contribution in [1.29, 1.82) is 0 Å². The van der Waals surface area contributed by atoms with Crippen LogP contribution in [0.25, 0.3) is 10.2 Å². The van der Waals surface area contributed by atoms with E-state index in [0.717, 1.165) is 10.2 Å². The Hall–Kier alpha value is -2.23. The number of anilines is 1. The highest BCUT2D eigenvalue weighted by Crippen LogP contribution is 2.32. The number of nitrogens with zero attached hydrogens (tertiary/aromatic N) is 3. The summed E-state index contributed by atoms with van der Waals surface area (Å²) in [5, 5.41) is 16.8. The highest BCUT2D eigenvalue weighted by Gasteiger charge is 2.19. The molecule has 0 saturated carbocycles. The number of benzene rings is 1. The lowest BCUT2D eigenvalue weighted by Gasteiger charge is -2.12. The number of non-ortho nitro benzene ring substituents is 1. The minimum atomic E-state index is -0.543. The number of hydrogen-bond donors (Lipinski definition) is 1. The van der Waals surface area contributed by atoms with Crippen molar-refractivity contribution in [3.05, 3.63) is 51.1 Å². The Morgan fingerprint density at radius 3 is 2.96 bits per heavy atom. The van der Waals surface area contributed by atoms with Gasteiger partial charge in [-0.1, -0.05) is 23.4 Å². The van der Waals surface area contributed by atoms with Gasteiger partial charge in [-0.15, -0.1) is 11.3 Å². The quantitative estimate of drug-likeness (QED) is 0.298. The first-order valence-electron chi connectivity index (χ1n) is 7.05. The Kier molecular flexibility index (Phi) is 5.16. The third kappa shape index (κ3) is 3.89. The number of amides is 1. The van der Waals surface area contributed by atoms with Crippen LogP contribution in [-0.2, 0) is 4.79 Å². The second-order valence-corrected chi connectivity index (χ2v) is 7.62. The van der Waals surface area contributed by atoms with E-state index in [2.05, 4.69) is 15.3 Å². The number of carbonyl (C=O) groups excluding carboxylic acids is 1. The number of thioether (sulfide) groups is 1. The van der Waals surface area contributed by atoms with Gasteiger partial charge in [0.2, 0.25) is 5.91 Å². The molecule has 1 atom stereocenters. The molecule has 0 fully saturated rings. The maximum absolute atomic E-state index is 12.4. The van der Waals surface area contributed by atoms with Crippen LogP contribution in [0.15, 0.2) is 41.0 Å². The summed E-state index contributed by atoms with van der Waals surface area (Å²) in [6.07, 6.45) is 1.46. The Morgan fingerprint density at radius 1 is 1.40 bits per heavy atom. The smallest absolute Gasteiger partial charge is 0.271 e. The Morgan fingerprint density at radius 2 is 2.20 bits per heavy atom. The SMILES string of the molecule is C[C@H](Sc1ncnc2sccc12)C(=O)Nc1cc([N+](=O)[O-])ccc1Cl. The van der Waals surface area contributed by atoms with E-state index in [4.69, 9.17) is 11.6 Å². The fraction of sp³-hybridized carbons (Fsp3) is 0.133. The molecule has 0 spiro atoms. The maximum atomic E-state index is 12.4. The number of hydrogen-bond acceptors (Lipinski definition) is 7. The Balaban J connectivity index is 1.76. The second kappa shape index (κ2) is 7.34. The number of rotatable bonds is 5. The number of nitro benzene ring substituents is 1. The minimum Gasteiger partial charge on any atom is -0.324 e. The third-order valence-electron chi connectivity index (χ3n) is 3.30. The molecule has 7 nitrogen and oxygen atoms in total. The van der Waals surface area contributed by atoms with E-state index in [1.54, 1.807) is 6.92 Å². The molecule has 0 radical (unpaired) electrons. The molecule has 2 aromatic heterocycles. The molecular formula is C15H11ClN4O3S2. The second-order valence-electron chi connectivity index (χ2n) is 4.99. The van der Waals surface area contributed by atoms with E-state index < -0.39 is 10.2 Å². The molecule has 0 saturated heterocycles. The van der Waals surface area contributed by atoms with E-state index in [0.29, 0.717) is 5.03 Å². The molecule has 0 aliphatic rings. The van der Waals surface area contributed by atoms with E-state index in [9.17, 15) is 14.9 Å². The van der Waals surface area contributed by atoms with Crippen LogP contribution >= 0.6 is 34.7 Å². The maximum Gasteiger partial charge on any atom is 0.271 e. The van der Waals surface area contributed by atoms with Gasteiger partial charge in [0.25, 0.3) is 5.69 Å². The van der Waals surface area contributed by atoms with Crippen LogP contribution in [0.2, 0.25) is 5.02 Å². The lowest BCUT2D eigenvalue weighted by Crippen LogP contribution is -2.22. The molecule has 10 heteroatoms. The van der Waals surface area contributed by atoms with Crippen LogP contribution < -0.4 is 5.32 Å². The van der Waals surface area contributed by atoms with Crippen molar-refractivity contribution in [2.45, 2.75) is 17.2 Å². The number of nitro groups is 1. The largest absolute Gasteiger partial charge is 0.324 e. The zero-order chi connectivity index (χ0) is 18.0. The van der Waals surface area contributed by atoms with E-state index in [1.165, 1.54) is 47.6 Å². The summed E-state index contributed by atoms with van der Waals surface area (Å²) in [6.45, 7) is 1.73. The average Bonchev–Trinajstić information content (AvgIpc) is 3.06. The van der Waals surface area contributed by atoms with Crippen LogP contribution in [0.1, 0.15) is 6.92 Å². The van der Waals surface area contributed by atoms with E-state index in [-0.39, 0.29) is 22.3 Å². The van der Waals surface area contributed by atoms with Gasteiger partial charge < -0.3 is 5.32 Å². The van der Waals surface area contributed by atoms with Gasteiger partial charge in [-0.2, -0.15) is 0 Å². The number of aromatic nitrogens is 2. The van der Waals surface area contributed by atoms with Crippen molar-refractivity contribution in [2.75, 3.05) is 5.32 Å². The Bertz CT molecular complexity index is 963. The Labute approximate surface area is 155 Å². The molecular weight excluding hydrogens is 384 g/mol. The first-order valence-corrected chi connectivity index (χ1v) is 9.19. The standard InChI is InChI=1S/C15H11ClN4O3S2/c1-8(25-15-10-4-5-24-14(10)17-7-18-15)13(21)19-12-6-9(20(22)23)2-3-11(12)16/h2-8H,1H3,(H,19,21)/t8-/m0/s1. The van der Waals surface area contributed by atoms with Crippen LogP contribution in [0.3, 0.4) is 0 Å². The van der Waals surface area contributed by atoms with Gasteiger partial charge in [0, 0.05) is 17.5 Å². The monoisotopic (exact) mass is 394 g/mol. The molecule has 25 heavy (non-hydrogen) atoms. The zero-order valence-electron chi connectivity index (χ0n) is 12.8. The van der Waals surface area contributed by atoms with Gasteiger partial charge in [0.15, 0.2) is 0 Å². The molecule has 3 rings (SSSR count). The predicted octanol–water partition coefficient (Wildman–Crippen LogP) is 4.37. The topological polar surface area (TPSA) is 98.0 Å². The van der Waals surface area contributed by atoms with Crippen molar-refractivity contribution in [3.8, 4) is 0 Å². The molecule has 2 heterocycles. The van der Waals surface area contributed by atoms with Crippen LogP contribution in [0, 0.1) is 10.1 Å². The molecule has 0 aliphatic heterocycles. The number of carbonyl (C=O) groups is 1. The summed E-state index contributed by atoms with van der Waals surface area (Å²) in [5.41, 5.74) is 0.0625. The van der Waals surface area contributed by atoms with Gasteiger partial charge in [-0.25, -0.2) is 9.97 Å². The molecule has 128 valence electrons. The van der Waals surface area contributed by atoms with Crippen molar-refractivity contribution < 1.29 is 9.72 Å². The first kappa shape index (κ1) is 17.6. The average molecular weight is 395 g/mol. The summed E-state index contributed by atoms with van der Waals surface area (Å²) >= 11 is 8.80. The normalized spacial score (nSPS) is 12.1. The van der Waals surface area contributed by atoms with Crippen LogP contribution in [-0.4, -0.2) is 26.0 Å². The predicted molar refractivity (Wildman–Crippen MR) is 99.5 cm³/mol. The number of thiophene rings is 1. The van der Waals surface area contributed by atoms with Gasteiger partial charge in [-0.05, 0) is 24.4 Å². The summed E-state index contributed by atoms with van der Waals surface area (Å²) < 4.78 is 0. The number of fused-ring (bicyclic) bond motifs is 1. The number of halogens is 1. The summed E-state index contributed by atoms with van der Waals surface area (Å²) in [4.78, 5) is 32.0. The molecule has 0 aliphatic carbocycles. The fourth-order valence-corrected chi connectivity index (χ4v) is 3.90. The van der Waals surface area contributed by atoms with Gasteiger partial charge in [0.1, 0.15) is 16.2 Å². The summed E-state index contributed by atoms with van der Waals surface area (Å²) in [6, 6.07) is 5.81. The van der Waals surface area contributed by atoms with Crippen molar-refractivity contribution in [3.63, 3.8) is 0 Å². The fourth-order valence-electron chi connectivity index (χ4n) is 2.04. The molecule has 1 amide bonds. The highest BCUT2D eigenvalue weighted by molar-refractivity contribution is 8.00. The molecule has 0 unspecified atom stereocenters. The van der Waals surface area contributed by atoms with Gasteiger partial charge in [0.05, 0.1) is 20.9 Å². The van der Waals surface area contributed by atoms with Crippen LogP contribution in [0.5, 0.6) is 0 Å². The molecule has 1 N–H and O–H groups in total. The summed E-state index contributed by atoms with van der Waals surface area (Å²) in [7, 11) is 0. The molecule has 3 aromatic rings. The molecule has 1 aromatic carbocycles. The van der Waals surface area contributed by atoms with Crippen molar-refractivity contribution in [1.82, 2.24) is 9.97 Å². The summed E-state index contributed by atoms with van der Waals surface area (Å²) in [5.74, 6) is -0.325. The zero-order valence-corrected chi connectivity index (χ0v) is 15.2.